The van der Waals surface area contributed by atoms with Crippen molar-refractivity contribution in [3.63, 3.8) is 0 Å². The molecular weight excluding hydrogens is 330 g/mol. The third-order valence-electron chi connectivity index (χ3n) is 6.19. The van der Waals surface area contributed by atoms with Gasteiger partial charge in [0, 0.05) is 50.7 Å². The molecule has 3 saturated heterocycles. The molecule has 5 rings (SSSR count). The molecule has 136 valence electrons. The number of anilines is 1. The van der Waals surface area contributed by atoms with Crippen LogP contribution in [0, 0.1) is 11.8 Å². The van der Waals surface area contributed by atoms with Gasteiger partial charge in [-0.05, 0) is 36.5 Å². The van der Waals surface area contributed by atoms with E-state index in [-0.39, 0.29) is 17.7 Å². The first-order valence-electron chi connectivity index (χ1n) is 9.36. The van der Waals surface area contributed by atoms with Gasteiger partial charge in [-0.25, -0.2) is 0 Å². The smallest absolute Gasteiger partial charge is 0.235 e. The first-order chi connectivity index (χ1) is 12.6. The average Bonchev–Trinajstić information content (AvgIpc) is 3.28. The molecule has 1 aromatic heterocycles. The fourth-order valence-electron chi connectivity index (χ4n) is 4.75. The Labute approximate surface area is 151 Å². The highest BCUT2D eigenvalue weighted by atomic mass is 16.2. The number of carbonyl (C=O) groups excluding carboxylic acids is 2. The summed E-state index contributed by atoms with van der Waals surface area (Å²) in [7, 11) is 1.92. The van der Waals surface area contributed by atoms with Gasteiger partial charge in [-0.15, -0.1) is 0 Å². The van der Waals surface area contributed by atoms with Crippen LogP contribution in [0.2, 0.25) is 0 Å². The summed E-state index contributed by atoms with van der Waals surface area (Å²) in [6, 6.07) is 6.42. The molecule has 0 spiro atoms. The summed E-state index contributed by atoms with van der Waals surface area (Å²) in [5.41, 5.74) is 3.05. The van der Waals surface area contributed by atoms with Crippen molar-refractivity contribution < 1.29 is 9.59 Å². The lowest BCUT2D eigenvalue weighted by Crippen LogP contribution is -2.39. The normalized spacial score (nSPS) is 28.7. The van der Waals surface area contributed by atoms with Gasteiger partial charge in [-0.2, -0.15) is 5.10 Å². The molecular formula is C19H23N5O2. The van der Waals surface area contributed by atoms with E-state index in [0.29, 0.717) is 12.8 Å². The van der Waals surface area contributed by atoms with Crippen LogP contribution in [0.5, 0.6) is 0 Å². The van der Waals surface area contributed by atoms with Crippen molar-refractivity contribution >= 4 is 28.4 Å². The monoisotopic (exact) mass is 353 g/mol. The maximum Gasteiger partial charge on any atom is 0.235 e. The number of rotatable bonds is 2. The molecule has 3 aliphatic rings. The van der Waals surface area contributed by atoms with Crippen LogP contribution in [-0.4, -0.2) is 47.8 Å². The number of aromatic nitrogens is 2. The van der Waals surface area contributed by atoms with Crippen molar-refractivity contribution in [1.29, 1.82) is 0 Å². The molecule has 0 bridgehead atoms. The van der Waals surface area contributed by atoms with Crippen LogP contribution < -0.4 is 15.5 Å². The SMILES string of the molecule is Cn1nc(C2CCC(=O)NC2=O)c2ccc(N3C[C@H]4CNC[C@H]4C3)cc21. The number of benzene rings is 1. The number of amides is 2. The fourth-order valence-corrected chi connectivity index (χ4v) is 4.75. The molecule has 4 heterocycles. The highest BCUT2D eigenvalue weighted by Crippen LogP contribution is 2.35. The Kier molecular flexibility index (Phi) is 3.53. The molecule has 3 aliphatic heterocycles. The number of nitrogens with one attached hydrogen (secondary N) is 2. The van der Waals surface area contributed by atoms with Crippen molar-refractivity contribution in [2.75, 3.05) is 31.1 Å². The highest BCUT2D eigenvalue weighted by molar-refractivity contribution is 6.02. The van der Waals surface area contributed by atoms with Gasteiger partial charge < -0.3 is 10.2 Å². The van der Waals surface area contributed by atoms with Gasteiger partial charge in [-0.3, -0.25) is 19.6 Å². The van der Waals surface area contributed by atoms with E-state index in [1.165, 1.54) is 5.69 Å². The summed E-state index contributed by atoms with van der Waals surface area (Å²) < 4.78 is 1.86. The summed E-state index contributed by atoms with van der Waals surface area (Å²) in [5, 5.41) is 11.6. The number of hydrogen-bond donors (Lipinski definition) is 2. The van der Waals surface area contributed by atoms with E-state index in [9.17, 15) is 9.59 Å². The van der Waals surface area contributed by atoms with Gasteiger partial charge in [-0.1, -0.05) is 0 Å². The van der Waals surface area contributed by atoms with Crippen molar-refractivity contribution in [1.82, 2.24) is 20.4 Å². The highest BCUT2D eigenvalue weighted by Gasteiger charge is 2.36. The Morgan fingerprint density at radius 2 is 1.92 bits per heavy atom. The number of nitrogens with zero attached hydrogens (tertiary/aromatic N) is 3. The van der Waals surface area contributed by atoms with Gasteiger partial charge >= 0.3 is 0 Å². The standard InChI is InChI=1S/C19H23N5O2/c1-23-16-6-13(24-9-11-7-20-8-12(11)10-24)2-3-14(16)18(22-23)15-4-5-17(25)21-19(15)26/h2-3,6,11-12,15,20H,4-5,7-10H2,1H3,(H,21,25,26)/t11-,12+,15?. The molecule has 0 aliphatic carbocycles. The summed E-state index contributed by atoms with van der Waals surface area (Å²) in [6.45, 7) is 4.44. The molecule has 0 saturated carbocycles. The predicted octanol–water partition coefficient (Wildman–Crippen LogP) is 0.749. The molecule has 0 radical (unpaired) electrons. The minimum Gasteiger partial charge on any atom is -0.371 e. The largest absolute Gasteiger partial charge is 0.371 e. The molecule has 2 aromatic rings. The van der Waals surface area contributed by atoms with E-state index >= 15 is 0 Å². The summed E-state index contributed by atoms with van der Waals surface area (Å²) >= 11 is 0. The molecule has 1 unspecified atom stereocenters. The van der Waals surface area contributed by atoms with E-state index < -0.39 is 0 Å². The average molecular weight is 353 g/mol. The minimum absolute atomic E-state index is 0.192. The number of hydrogen-bond acceptors (Lipinski definition) is 5. The number of piperidine rings is 1. The number of imide groups is 1. The van der Waals surface area contributed by atoms with Crippen molar-refractivity contribution in [3.05, 3.63) is 23.9 Å². The minimum atomic E-state index is -0.348. The molecule has 7 heteroatoms. The molecule has 26 heavy (non-hydrogen) atoms. The zero-order chi connectivity index (χ0) is 17.8. The Balaban J connectivity index is 1.47. The summed E-state index contributed by atoms with van der Waals surface area (Å²) in [4.78, 5) is 26.1. The second-order valence-corrected chi connectivity index (χ2v) is 7.80. The van der Waals surface area contributed by atoms with Crippen molar-refractivity contribution in [2.45, 2.75) is 18.8 Å². The van der Waals surface area contributed by atoms with Crippen LogP contribution in [0.15, 0.2) is 18.2 Å². The quantitative estimate of drug-likeness (QED) is 0.779. The lowest BCUT2D eigenvalue weighted by Gasteiger charge is -2.20. The Morgan fingerprint density at radius 3 is 2.65 bits per heavy atom. The van der Waals surface area contributed by atoms with E-state index in [4.69, 9.17) is 0 Å². The molecule has 3 fully saturated rings. The van der Waals surface area contributed by atoms with Gasteiger partial charge in [0.2, 0.25) is 11.8 Å². The fraction of sp³-hybridized carbons (Fsp3) is 0.526. The Morgan fingerprint density at radius 1 is 1.15 bits per heavy atom. The lowest BCUT2D eigenvalue weighted by molar-refractivity contribution is -0.134. The van der Waals surface area contributed by atoms with Crippen LogP contribution in [0.3, 0.4) is 0 Å². The number of aryl methyl sites for hydroxylation is 1. The first-order valence-corrected chi connectivity index (χ1v) is 9.36. The Bertz CT molecular complexity index is 893. The van der Waals surface area contributed by atoms with Gasteiger partial charge in [0.05, 0.1) is 17.1 Å². The lowest BCUT2D eigenvalue weighted by atomic mass is 9.93. The first kappa shape index (κ1) is 15.8. The molecule has 7 nitrogen and oxygen atoms in total. The van der Waals surface area contributed by atoms with Gasteiger partial charge in [0.25, 0.3) is 0 Å². The van der Waals surface area contributed by atoms with Crippen LogP contribution in [0.4, 0.5) is 5.69 Å². The van der Waals surface area contributed by atoms with Gasteiger partial charge in [0.1, 0.15) is 0 Å². The van der Waals surface area contributed by atoms with Crippen LogP contribution >= 0.6 is 0 Å². The second-order valence-electron chi connectivity index (χ2n) is 7.80. The van der Waals surface area contributed by atoms with Crippen LogP contribution in [0.25, 0.3) is 10.9 Å². The zero-order valence-electron chi connectivity index (χ0n) is 14.9. The molecule has 1 aromatic carbocycles. The number of carbonyl (C=O) groups is 2. The van der Waals surface area contributed by atoms with E-state index in [1.807, 2.05) is 11.7 Å². The van der Waals surface area contributed by atoms with Crippen LogP contribution in [-0.2, 0) is 16.6 Å². The predicted molar refractivity (Wildman–Crippen MR) is 97.9 cm³/mol. The molecule has 2 amide bonds. The third kappa shape index (κ3) is 2.41. The zero-order valence-corrected chi connectivity index (χ0v) is 14.9. The van der Waals surface area contributed by atoms with E-state index in [1.54, 1.807) is 0 Å². The number of fused-ring (bicyclic) bond motifs is 2. The van der Waals surface area contributed by atoms with E-state index in [2.05, 4.69) is 38.8 Å². The molecule has 3 atom stereocenters. The maximum absolute atomic E-state index is 12.3. The van der Waals surface area contributed by atoms with Crippen LogP contribution in [0.1, 0.15) is 24.5 Å². The summed E-state index contributed by atoms with van der Waals surface area (Å²) in [5.74, 6) is 0.722. The van der Waals surface area contributed by atoms with Crippen molar-refractivity contribution in [2.24, 2.45) is 18.9 Å². The van der Waals surface area contributed by atoms with E-state index in [0.717, 1.165) is 54.6 Å². The van der Waals surface area contributed by atoms with Gasteiger partial charge in [0.15, 0.2) is 0 Å². The molecule has 2 N–H and O–H groups in total. The van der Waals surface area contributed by atoms with Crippen molar-refractivity contribution in [3.8, 4) is 0 Å². The maximum atomic E-state index is 12.3. The Hall–Kier alpha value is -2.41. The topological polar surface area (TPSA) is 79.3 Å². The third-order valence-corrected chi connectivity index (χ3v) is 6.19. The summed E-state index contributed by atoms with van der Waals surface area (Å²) in [6.07, 6.45) is 0.901. The second kappa shape index (κ2) is 5.81.